The molecule has 3 fully saturated rings. The lowest BCUT2D eigenvalue weighted by atomic mass is 9.62. The summed E-state index contributed by atoms with van der Waals surface area (Å²) in [6.45, 7) is 2.42. The molecule has 3 saturated carbocycles. The van der Waals surface area contributed by atoms with Crippen LogP contribution in [0.15, 0.2) is 0 Å². The summed E-state index contributed by atoms with van der Waals surface area (Å²) >= 11 is 0. The molecule has 0 radical (unpaired) electrons. The van der Waals surface area contributed by atoms with Crippen molar-refractivity contribution in [3.05, 3.63) is 0 Å². The lowest BCUT2D eigenvalue weighted by Crippen LogP contribution is -2.47. The van der Waals surface area contributed by atoms with Crippen LogP contribution in [0.5, 0.6) is 0 Å². The molecule has 0 aromatic rings. The second-order valence-electron chi connectivity index (χ2n) is 8.31. The van der Waals surface area contributed by atoms with Crippen molar-refractivity contribution in [3.63, 3.8) is 0 Å². The molecule has 1 nitrogen and oxygen atoms in total. The normalized spacial score (nSPS) is 42.3. The van der Waals surface area contributed by atoms with E-state index in [0.717, 1.165) is 35.6 Å². The van der Waals surface area contributed by atoms with Gasteiger partial charge in [0.25, 0.3) is 0 Å². The Morgan fingerprint density at radius 3 is 2.33 bits per heavy atom. The van der Waals surface area contributed by atoms with Crippen LogP contribution < -0.4 is 5.32 Å². The first-order chi connectivity index (χ1) is 10.3. The first-order valence-electron chi connectivity index (χ1n) is 10.0. The van der Waals surface area contributed by atoms with Gasteiger partial charge in [-0.05, 0) is 62.3 Å². The Morgan fingerprint density at radius 1 is 0.857 bits per heavy atom. The molecule has 3 rings (SSSR count). The summed E-state index contributed by atoms with van der Waals surface area (Å²) in [6, 6.07) is 0.818. The topological polar surface area (TPSA) is 12.0 Å². The monoisotopic (exact) mass is 291 g/mol. The Labute approximate surface area is 132 Å². The van der Waals surface area contributed by atoms with Crippen LogP contribution in [0.2, 0.25) is 0 Å². The highest BCUT2D eigenvalue weighted by Gasteiger charge is 2.39. The van der Waals surface area contributed by atoms with Crippen molar-refractivity contribution in [3.8, 4) is 0 Å². The fourth-order valence-corrected chi connectivity index (χ4v) is 6.25. The van der Waals surface area contributed by atoms with Crippen molar-refractivity contribution in [2.75, 3.05) is 7.05 Å². The van der Waals surface area contributed by atoms with Gasteiger partial charge < -0.3 is 5.32 Å². The largest absolute Gasteiger partial charge is 0.316 e. The van der Waals surface area contributed by atoms with Gasteiger partial charge in [0.05, 0.1) is 0 Å². The van der Waals surface area contributed by atoms with Crippen LogP contribution in [0.1, 0.15) is 84.0 Å². The fourth-order valence-electron chi connectivity index (χ4n) is 6.25. The standard InChI is InChI=1S/C20H37N/c1-3-15-8-6-7-11-19(15)20(21-2)18-13-12-16-9-4-5-10-17(16)14-18/h15-21H,3-14H2,1-2H3. The third-order valence-electron chi connectivity index (χ3n) is 7.37. The van der Waals surface area contributed by atoms with Crippen LogP contribution in [0, 0.1) is 29.6 Å². The molecule has 0 aliphatic heterocycles. The van der Waals surface area contributed by atoms with Crippen molar-refractivity contribution in [1.82, 2.24) is 5.32 Å². The predicted molar refractivity (Wildman–Crippen MR) is 91.4 cm³/mol. The van der Waals surface area contributed by atoms with Gasteiger partial charge in [0.2, 0.25) is 0 Å². The molecule has 1 N–H and O–H groups in total. The predicted octanol–water partition coefficient (Wildman–Crippen LogP) is 5.40. The maximum absolute atomic E-state index is 3.80. The van der Waals surface area contributed by atoms with E-state index in [-0.39, 0.29) is 0 Å². The summed E-state index contributed by atoms with van der Waals surface area (Å²) in [5, 5.41) is 3.80. The van der Waals surface area contributed by atoms with E-state index in [1.54, 1.807) is 19.3 Å². The van der Waals surface area contributed by atoms with Crippen molar-refractivity contribution < 1.29 is 0 Å². The summed E-state index contributed by atoms with van der Waals surface area (Å²) in [6.07, 6.45) is 18.1. The van der Waals surface area contributed by atoms with Gasteiger partial charge >= 0.3 is 0 Å². The van der Waals surface area contributed by atoms with E-state index in [4.69, 9.17) is 0 Å². The third kappa shape index (κ3) is 3.49. The SMILES string of the molecule is CCC1CCCCC1C(NC)C1CCC2CCCCC2C1. The third-order valence-corrected chi connectivity index (χ3v) is 7.37. The van der Waals surface area contributed by atoms with Crippen LogP contribution in [0.3, 0.4) is 0 Å². The number of fused-ring (bicyclic) bond motifs is 1. The smallest absolute Gasteiger partial charge is 0.0123 e. The molecule has 1 heteroatoms. The van der Waals surface area contributed by atoms with E-state index in [1.165, 1.54) is 57.8 Å². The van der Waals surface area contributed by atoms with Crippen LogP contribution in [0.4, 0.5) is 0 Å². The van der Waals surface area contributed by atoms with Gasteiger partial charge in [-0.2, -0.15) is 0 Å². The number of hydrogen-bond donors (Lipinski definition) is 1. The summed E-state index contributed by atoms with van der Waals surface area (Å²) in [7, 11) is 2.25. The van der Waals surface area contributed by atoms with Gasteiger partial charge in [-0.1, -0.05) is 58.3 Å². The van der Waals surface area contributed by atoms with E-state index in [1.807, 2.05) is 0 Å². The van der Waals surface area contributed by atoms with Gasteiger partial charge in [-0.3, -0.25) is 0 Å². The summed E-state index contributed by atoms with van der Waals surface area (Å²) < 4.78 is 0. The van der Waals surface area contributed by atoms with Crippen molar-refractivity contribution in [1.29, 1.82) is 0 Å². The second-order valence-corrected chi connectivity index (χ2v) is 8.31. The van der Waals surface area contributed by atoms with Crippen LogP contribution in [-0.4, -0.2) is 13.1 Å². The fraction of sp³-hybridized carbons (Fsp3) is 1.00. The average Bonchev–Trinajstić information content (AvgIpc) is 2.56. The maximum atomic E-state index is 3.80. The molecule has 0 spiro atoms. The van der Waals surface area contributed by atoms with E-state index in [2.05, 4.69) is 19.3 Å². The first-order valence-corrected chi connectivity index (χ1v) is 10.0. The Balaban J connectivity index is 1.65. The van der Waals surface area contributed by atoms with E-state index in [0.29, 0.717) is 0 Å². The highest BCUT2D eigenvalue weighted by Crippen LogP contribution is 2.46. The number of nitrogens with one attached hydrogen (secondary N) is 1. The minimum absolute atomic E-state index is 0.818. The maximum Gasteiger partial charge on any atom is 0.0123 e. The van der Waals surface area contributed by atoms with Crippen molar-refractivity contribution >= 4 is 0 Å². The van der Waals surface area contributed by atoms with Gasteiger partial charge in [-0.25, -0.2) is 0 Å². The van der Waals surface area contributed by atoms with E-state index < -0.39 is 0 Å². The van der Waals surface area contributed by atoms with Crippen LogP contribution in [0.25, 0.3) is 0 Å². The van der Waals surface area contributed by atoms with Crippen LogP contribution in [-0.2, 0) is 0 Å². The molecule has 0 bridgehead atoms. The molecule has 122 valence electrons. The van der Waals surface area contributed by atoms with Gasteiger partial charge in [0.1, 0.15) is 0 Å². The molecule has 6 atom stereocenters. The molecule has 0 heterocycles. The van der Waals surface area contributed by atoms with E-state index >= 15 is 0 Å². The molecular formula is C20H37N. The molecule has 0 saturated heterocycles. The molecule has 3 aliphatic rings. The van der Waals surface area contributed by atoms with Gasteiger partial charge in [0.15, 0.2) is 0 Å². The van der Waals surface area contributed by atoms with Crippen molar-refractivity contribution in [2.45, 2.75) is 90.0 Å². The van der Waals surface area contributed by atoms with Gasteiger partial charge in [0, 0.05) is 6.04 Å². The molecular weight excluding hydrogens is 254 g/mol. The number of hydrogen-bond acceptors (Lipinski definition) is 1. The number of rotatable bonds is 4. The summed E-state index contributed by atoms with van der Waals surface area (Å²) in [4.78, 5) is 0. The van der Waals surface area contributed by atoms with Gasteiger partial charge in [-0.15, -0.1) is 0 Å². The first kappa shape index (κ1) is 15.8. The van der Waals surface area contributed by atoms with Crippen molar-refractivity contribution in [2.24, 2.45) is 29.6 Å². The summed E-state index contributed by atoms with van der Waals surface area (Å²) in [5.41, 5.74) is 0. The van der Waals surface area contributed by atoms with E-state index in [9.17, 15) is 0 Å². The summed E-state index contributed by atoms with van der Waals surface area (Å²) in [5.74, 6) is 5.13. The molecule has 3 aliphatic carbocycles. The second kappa shape index (κ2) is 7.49. The quantitative estimate of drug-likeness (QED) is 0.731. The molecule has 0 amide bonds. The Kier molecular flexibility index (Phi) is 5.65. The Morgan fingerprint density at radius 2 is 1.57 bits per heavy atom. The Bertz CT molecular complexity index is 313. The minimum atomic E-state index is 0.818. The Hall–Kier alpha value is -0.0400. The molecule has 0 aromatic heterocycles. The lowest BCUT2D eigenvalue weighted by Gasteiger charge is -2.46. The van der Waals surface area contributed by atoms with Crippen LogP contribution >= 0.6 is 0 Å². The lowest BCUT2D eigenvalue weighted by molar-refractivity contribution is 0.0687. The molecule has 21 heavy (non-hydrogen) atoms. The average molecular weight is 292 g/mol. The zero-order chi connectivity index (χ0) is 14.7. The minimum Gasteiger partial charge on any atom is -0.316 e. The molecule has 0 aromatic carbocycles. The zero-order valence-corrected chi connectivity index (χ0v) is 14.4. The zero-order valence-electron chi connectivity index (χ0n) is 14.4. The highest BCUT2D eigenvalue weighted by molar-refractivity contribution is 4.93. The molecule has 6 unspecified atom stereocenters. The highest BCUT2D eigenvalue weighted by atomic mass is 14.9.